The molecule has 0 radical (unpaired) electrons. The number of aliphatic hydroxyl groups excluding tert-OH is 1. The molecule has 0 unspecified atom stereocenters. The van der Waals surface area contributed by atoms with Gasteiger partial charge in [0.25, 0.3) is 0 Å². The van der Waals surface area contributed by atoms with Crippen LogP contribution in [0.1, 0.15) is 46.1 Å². The van der Waals surface area contributed by atoms with Gasteiger partial charge in [-0.3, -0.25) is 4.79 Å². The topological polar surface area (TPSA) is 49.3 Å². The van der Waals surface area contributed by atoms with E-state index in [1.807, 2.05) is 27.7 Å². The van der Waals surface area contributed by atoms with Crippen molar-refractivity contribution < 1.29 is 14.3 Å². The van der Waals surface area contributed by atoms with Gasteiger partial charge in [0.2, 0.25) is 5.91 Å². The molecule has 0 aliphatic rings. The van der Waals surface area contributed by atoms with Crippen LogP contribution in [-0.2, 0) is 10.2 Å². The predicted octanol–water partition coefficient (Wildman–Crippen LogP) is 3.02. The van der Waals surface area contributed by atoms with Gasteiger partial charge in [-0.2, -0.15) is 0 Å². The number of carbonyl (C=O) groups is 1. The second kappa shape index (κ2) is 7.03. The third kappa shape index (κ3) is 4.03. The molecule has 0 saturated carbocycles. The maximum atomic E-state index is 13.0. The van der Waals surface area contributed by atoms with Crippen molar-refractivity contribution >= 4 is 5.91 Å². The third-order valence-electron chi connectivity index (χ3n) is 4.59. The molecule has 21 heavy (non-hydrogen) atoms. The number of carbonyl (C=O) groups excluding carboxylic acids is 1. The lowest BCUT2D eigenvalue weighted by atomic mass is 9.81. The molecular formula is C17H26FNO2. The highest BCUT2D eigenvalue weighted by molar-refractivity contribution is 5.87. The molecule has 1 aromatic carbocycles. The van der Waals surface area contributed by atoms with Gasteiger partial charge in [-0.1, -0.05) is 26.0 Å². The molecule has 0 aliphatic heterocycles. The number of aliphatic hydroxyl groups is 1. The molecule has 4 heteroatoms. The van der Waals surface area contributed by atoms with Crippen LogP contribution in [-0.4, -0.2) is 24.2 Å². The van der Waals surface area contributed by atoms with Crippen LogP contribution in [0.25, 0.3) is 0 Å². The zero-order valence-corrected chi connectivity index (χ0v) is 13.4. The Bertz CT molecular complexity index is 456. The van der Waals surface area contributed by atoms with Gasteiger partial charge in [-0.25, -0.2) is 4.39 Å². The molecule has 2 N–H and O–H groups in total. The highest BCUT2D eigenvalue weighted by atomic mass is 19.1. The summed E-state index contributed by atoms with van der Waals surface area (Å²) in [5, 5.41) is 12.5. The zero-order valence-electron chi connectivity index (χ0n) is 13.4. The minimum absolute atomic E-state index is 0.0528. The third-order valence-corrected chi connectivity index (χ3v) is 4.59. The molecule has 0 bridgehead atoms. The van der Waals surface area contributed by atoms with Crippen LogP contribution in [0.3, 0.4) is 0 Å². The summed E-state index contributed by atoms with van der Waals surface area (Å²) in [6.07, 6.45) is 1.61. The number of amides is 1. The summed E-state index contributed by atoms with van der Waals surface area (Å²) in [6, 6.07) is 5.99. The van der Waals surface area contributed by atoms with Crippen LogP contribution >= 0.6 is 0 Å². The highest BCUT2D eigenvalue weighted by Gasteiger charge is 2.32. The summed E-state index contributed by atoms with van der Waals surface area (Å²) < 4.78 is 13.0. The maximum absolute atomic E-state index is 13.0. The van der Waals surface area contributed by atoms with E-state index in [0.717, 1.165) is 18.4 Å². The van der Waals surface area contributed by atoms with E-state index in [1.165, 1.54) is 12.1 Å². The van der Waals surface area contributed by atoms with Crippen molar-refractivity contribution in [2.24, 2.45) is 5.41 Å². The van der Waals surface area contributed by atoms with Crippen molar-refractivity contribution in [1.29, 1.82) is 0 Å². The van der Waals surface area contributed by atoms with Crippen molar-refractivity contribution in [2.75, 3.05) is 13.2 Å². The van der Waals surface area contributed by atoms with Crippen LogP contribution < -0.4 is 5.32 Å². The molecule has 0 atom stereocenters. The maximum Gasteiger partial charge on any atom is 0.230 e. The monoisotopic (exact) mass is 295 g/mol. The Labute approximate surface area is 126 Å². The van der Waals surface area contributed by atoms with E-state index in [-0.39, 0.29) is 23.7 Å². The minimum Gasteiger partial charge on any atom is -0.396 e. The number of rotatable bonds is 7. The summed E-state index contributed by atoms with van der Waals surface area (Å²) in [5.41, 5.74) is -0.241. The molecule has 0 fully saturated rings. The Morgan fingerprint density at radius 3 is 2.14 bits per heavy atom. The zero-order chi connectivity index (χ0) is 16.1. The quantitative estimate of drug-likeness (QED) is 0.812. The fourth-order valence-corrected chi connectivity index (χ4v) is 2.27. The van der Waals surface area contributed by atoms with Gasteiger partial charge in [0.15, 0.2) is 0 Å². The normalized spacial score (nSPS) is 12.3. The Kier molecular flexibility index (Phi) is 5.90. The summed E-state index contributed by atoms with van der Waals surface area (Å²) >= 11 is 0. The van der Waals surface area contributed by atoms with E-state index in [0.29, 0.717) is 6.54 Å². The molecule has 0 saturated heterocycles. The van der Waals surface area contributed by atoms with Crippen LogP contribution in [0.4, 0.5) is 4.39 Å². The molecule has 0 aromatic heterocycles. The van der Waals surface area contributed by atoms with E-state index in [1.54, 1.807) is 12.1 Å². The van der Waals surface area contributed by atoms with Crippen molar-refractivity contribution in [3.8, 4) is 0 Å². The molecule has 0 spiro atoms. The largest absolute Gasteiger partial charge is 0.396 e. The first-order valence-corrected chi connectivity index (χ1v) is 7.46. The Morgan fingerprint density at radius 2 is 1.71 bits per heavy atom. The smallest absolute Gasteiger partial charge is 0.230 e. The fraction of sp³-hybridized carbons (Fsp3) is 0.588. The molecular weight excluding hydrogens is 269 g/mol. The molecule has 0 aliphatic carbocycles. The van der Waals surface area contributed by atoms with Crippen molar-refractivity contribution in [3.63, 3.8) is 0 Å². The predicted molar refractivity (Wildman–Crippen MR) is 82.5 cm³/mol. The van der Waals surface area contributed by atoms with E-state index in [2.05, 4.69) is 5.32 Å². The van der Waals surface area contributed by atoms with Gasteiger partial charge >= 0.3 is 0 Å². The van der Waals surface area contributed by atoms with Gasteiger partial charge in [-0.05, 0) is 44.4 Å². The van der Waals surface area contributed by atoms with Crippen LogP contribution in [0.5, 0.6) is 0 Å². The molecule has 1 rings (SSSR count). The average Bonchev–Trinajstić information content (AvgIpc) is 2.49. The van der Waals surface area contributed by atoms with Gasteiger partial charge in [0.05, 0.1) is 12.0 Å². The fourth-order valence-electron chi connectivity index (χ4n) is 2.27. The molecule has 118 valence electrons. The first kappa shape index (κ1) is 17.6. The summed E-state index contributed by atoms with van der Waals surface area (Å²) in [7, 11) is 0. The minimum atomic E-state index is -0.740. The van der Waals surface area contributed by atoms with Gasteiger partial charge < -0.3 is 10.4 Å². The van der Waals surface area contributed by atoms with E-state index in [9.17, 15) is 14.3 Å². The molecule has 0 heterocycles. The summed E-state index contributed by atoms with van der Waals surface area (Å²) in [5.74, 6) is -0.431. The number of benzene rings is 1. The van der Waals surface area contributed by atoms with Gasteiger partial charge in [-0.15, -0.1) is 0 Å². The number of halogens is 1. The SMILES string of the molecule is CCC(CC)(CO)CNC(=O)C(C)(C)c1ccc(F)cc1. The molecule has 1 aromatic rings. The second-order valence-electron chi connectivity index (χ2n) is 6.18. The Hall–Kier alpha value is -1.42. The first-order valence-electron chi connectivity index (χ1n) is 7.46. The van der Waals surface area contributed by atoms with Crippen LogP contribution in [0, 0.1) is 11.2 Å². The second-order valence-corrected chi connectivity index (χ2v) is 6.18. The lowest BCUT2D eigenvalue weighted by molar-refractivity contribution is -0.126. The van der Waals surface area contributed by atoms with Gasteiger partial charge in [0, 0.05) is 12.0 Å². The number of hydrogen-bond donors (Lipinski definition) is 2. The van der Waals surface area contributed by atoms with E-state index >= 15 is 0 Å². The average molecular weight is 295 g/mol. The van der Waals surface area contributed by atoms with E-state index in [4.69, 9.17) is 0 Å². The highest BCUT2D eigenvalue weighted by Crippen LogP contribution is 2.27. The summed E-state index contributed by atoms with van der Waals surface area (Å²) in [6.45, 7) is 8.15. The Morgan fingerprint density at radius 1 is 1.19 bits per heavy atom. The summed E-state index contributed by atoms with van der Waals surface area (Å²) in [4.78, 5) is 12.5. The lowest BCUT2D eigenvalue weighted by Gasteiger charge is -2.32. The van der Waals surface area contributed by atoms with Crippen LogP contribution in [0.2, 0.25) is 0 Å². The standard InChI is InChI=1S/C17H26FNO2/c1-5-17(6-2,12-20)11-19-15(21)16(3,4)13-7-9-14(18)10-8-13/h7-10,20H,5-6,11-12H2,1-4H3,(H,19,21). The molecule has 3 nitrogen and oxygen atoms in total. The van der Waals surface area contributed by atoms with Crippen molar-refractivity contribution in [2.45, 2.75) is 46.0 Å². The van der Waals surface area contributed by atoms with Crippen molar-refractivity contribution in [1.82, 2.24) is 5.32 Å². The Balaban J connectivity index is 2.80. The molecule has 1 amide bonds. The van der Waals surface area contributed by atoms with Crippen LogP contribution in [0.15, 0.2) is 24.3 Å². The number of nitrogens with one attached hydrogen (secondary N) is 1. The number of hydrogen-bond acceptors (Lipinski definition) is 2. The van der Waals surface area contributed by atoms with Crippen molar-refractivity contribution in [3.05, 3.63) is 35.6 Å². The lowest BCUT2D eigenvalue weighted by Crippen LogP contribution is -2.46. The first-order chi connectivity index (χ1) is 9.81. The van der Waals surface area contributed by atoms with E-state index < -0.39 is 5.41 Å². The van der Waals surface area contributed by atoms with Gasteiger partial charge in [0.1, 0.15) is 5.82 Å².